The van der Waals surface area contributed by atoms with Crippen molar-refractivity contribution in [1.29, 1.82) is 0 Å². The Morgan fingerprint density at radius 1 is 1.04 bits per heavy atom. The predicted molar refractivity (Wildman–Crippen MR) is 97.6 cm³/mol. The van der Waals surface area contributed by atoms with E-state index in [9.17, 15) is 0 Å². The SMILES string of the molecule is CCN1CCN(c2ccnc(N(C)CCc3ccncc3)n2)CC1. The summed E-state index contributed by atoms with van der Waals surface area (Å²) in [7, 11) is 2.05. The first-order chi connectivity index (χ1) is 11.8. The Hall–Kier alpha value is -2.21. The summed E-state index contributed by atoms with van der Waals surface area (Å²) in [6.07, 6.45) is 6.50. The van der Waals surface area contributed by atoms with Crippen molar-refractivity contribution in [2.45, 2.75) is 13.3 Å². The topological polar surface area (TPSA) is 48.4 Å². The molecule has 1 fully saturated rings. The summed E-state index contributed by atoms with van der Waals surface area (Å²) in [6, 6.07) is 6.12. The first-order valence-corrected chi connectivity index (χ1v) is 8.66. The van der Waals surface area contributed by atoms with Crippen molar-refractivity contribution in [3.63, 3.8) is 0 Å². The van der Waals surface area contributed by atoms with Gasteiger partial charge in [0, 0.05) is 58.4 Å². The molecule has 1 aliphatic heterocycles. The zero-order valence-corrected chi connectivity index (χ0v) is 14.6. The highest BCUT2D eigenvalue weighted by Crippen LogP contribution is 2.16. The van der Waals surface area contributed by atoms with E-state index in [0.29, 0.717) is 0 Å². The first kappa shape index (κ1) is 16.6. The van der Waals surface area contributed by atoms with Crippen LogP contribution >= 0.6 is 0 Å². The molecule has 6 nitrogen and oxygen atoms in total. The van der Waals surface area contributed by atoms with E-state index in [-0.39, 0.29) is 0 Å². The number of rotatable bonds is 6. The molecule has 1 aliphatic rings. The van der Waals surface area contributed by atoms with Gasteiger partial charge in [-0.15, -0.1) is 0 Å². The van der Waals surface area contributed by atoms with Gasteiger partial charge in [0.05, 0.1) is 0 Å². The minimum absolute atomic E-state index is 0.791. The van der Waals surface area contributed by atoms with E-state index < -0.39 is 0 Å². The Morgan fingerprint density at radius 3 is 2.50 bits per heavy atom. The minimum Gasteiger partial charge on any atom is -0.354 e. The highest BCUT2D eigenvalue weighted by Gasteiger charge is 2.17. The first-order valence-electron chi connectivity index (χ1n) is 8.66. The van der Waals surface area contributed by atoms with Gasteiger partial charge in [-0.1, -0.05) is 6.92 Å². The molecule has 0 bridgehead atoms. The molecule has 24 heavy (non-hydrogen) atoms. The minimum atomic E-state index is 0.791. The van der Waals surface area contributed by atoms with Gasteiger partial charge in [0.15, 0.2) is 0 Å². The number of hydrogen-bond donors (Lipinski definition) is 0. The smallest absolute Gasteiger partial charge is 0.227 e. The normalized spacial score (nSPS) is 15.5. The van der Waals surface area contributed by atoms with E-state index in [1.54, 1.807) is 0 Å². The summed E-state index contributed by atoms with van der Waals surface area (Å²) >= 11 is 0. The second-order valence-corrected chi connectivity index (χ2v) is 6.16. The molecule has 0 saturated carbocycles. The van der Waals surface area contributed by atoms with Crippen LogP contribution in [0.2, 0.25) is 0 Å². The third kappa shape index (κ3) is 4.20. The van der Waals surface area contributed by atoms with Crippen molar-refractivity contribution >= 4 is 11.8 Å². The molecule has 2 aromatic rings. The Morgan fingerprint density at radius 2 is 1.79 bits per heavy atom. The van der Waals surface area contributed by atoms with Crippen LogP contribution in [0.3, 0.4) is 0 Å². The molecule has 0 aliphatic carbocycles. The second kappa shape index (κ2) is 8.06. The summed E-state index contributed by atoms with van der Waals surface area (Å²) in [5, 5.41) is 0. The van der Waals surface area contributed by atoms with Gasteiger partial charge in [-0.05, 0) is 36.7 Å². The average molecular weight is 326 g/mol. The van der Waals surface area contributed by atoms with Gasteiger partial charge in [-0.25, -0.2) is 4.98 Å². The lowest BCUT2D eigenvalue weighted by Gasteiger charge is -2.35. The van der Waals surface area contributed by atoms with Crippen LogP contribution in [0, 0.1) is 0 Å². The molecule has 2 aromatic heterocycles. The standard InChI is InChI=1S/C18H26N6/c1-3-23-12-14-24(15-13-23)17-6-10-20-18(21-17)22(2)11-7-16-4-8-19-9-5-16/h4-6,8-10H,3,7,11-15H2,1-2H3. The Labute approximate surface area is 144 Å². The van der Waals surface area contributed by atoms with E-state index in [4.69, 9.17) is 4.98 Å². The molecule has 0 unspecified atom stereocenters. The number of likely N-dealkylation sites (N-methyl/N-ethyl adjacent to an activating group) is 2. The fourth-order valence-corrected chi connectivity index (χ4v) is 2.94. The highest BCUT2D eigenvalue weighted by molar-refractivity contribution is 5.44. The summed E-state index contributed by atoms with van der Waals surface area (Å²) in [4.78, 5) is 20.2. The Bertz CT molecular complexity index is 624. The van der Waals surface area contributed by atoms with E-state index >= 15 is 0 Å². The molecule has 0 spiro atoms. The molecule has 0 atom stereocenters. The van der Waals surface area contributed by atoms with Crippen molar-refractivity contribution < 1.29 is 0 Å². The highest BCUT2D eigenvalue weighted by atomic mass is 15.3. The van der Waals surface area contributed by atoms with Crippen LogP contribution in [0.15, 0.2) is 36.8 Å². The lowest BCUT2D eigenvalue weighted by Crippen LogP contribution is -2.46. The molecular formula is C18H26N6. The van der Waals surface area contributed by atoms with Crippen molar-refractivity contribution in [3.8, 4) is 0 Å². The molecule has 0 radical (unpaired) electrons. The van der Waals surface area contributed by atoms with Gasteiger partial charge < -0.3 is 14.7 Å². The van der Waals surface area contributed by atoms with Crippen molar-refractivity contribution in [2.24, 2.45) is 0 Å². The lowest BCUT2D eigenvalue weighted by molar-refractivity contribution is 0.270. The van der Waals surface area contributed by atoms with Gasteiger partial charge in [-0.3, -0.25) is 4.98 Å². The predicted octanol–water partition coefficient (Wildman–Crippen LogP) is 1.69. The van der Waals surface area contributed by atoms with E-state index in [2.05, 4.69) is 50.8 Å². The maximum atomic E-state index is 4.77. The van der Waals surface area contributed by atoms with E-state index in [1.807, 2.05) is 24.7 Å². The Kier molecular flexibility index (Phi) is 5.59. The number of piperazine rings is 1. The van der Waals surface area contributed by atoms with E-state index in [1.165, 1.54) is 5.56 Å². The van der Waals surface area contributed by atoms with Crippen LogP contribution in [0.25, 0.3) is 0 Å². The lowest BCUT2D eigenvalue weighted by atomic mass is 10.2. The zero-order chi connectivity index (χ0) is 16.8. The number of anilines is 2. The number of hydrogen-bond acceptors (Lipinski definition) is 6. The van der Waals surface area contributed by atoms with Crippen LogP contribution in [0.1, 0.15) is 12.5 Å². The quantitative estimate of drug-likeness (QED) is 0.805. The van der Waals surface area contributed by atoms with Crippen molar-refractivity contribution in [1.82, 2.24) is 19.9 Å². The third-order valence-corrected chi connectivity index (χ3v) is 4.60. The second-order valence-electron chi connectivity index (χ2n) is 6.16. The van der Waals surface area contributed by atoms with Crippen LogP contribution < -0.4 is 9.80 Å². The maximum Gasteiger partial charge on any atom is 0.227 e. The van der Waals surface area contributed by atoms with Crippen LogP contribution in [0.5, 0.6) is 0 Å². The van der Waals surface area contributed by atoms with Gasteiger partial charge in [0.2, 0.25) is 5.95 Å². The van der Waals surface area contributed by atoms with Gasteiger partial charge >= 0.3 is 0 Å². The van der Waals surface area contributed by atoms with Crippen LogP contribution in [-0.4, -0.2) is 66.2 Å². The average Bonchev–Trinajstić information content (AvgIpc) is 2.67. The summed E-state index contributed by atoms with van der Waals surface area (Å²) in [5.41, 5.74) is 1.28. The van der Waals surface area contributed by atoms with Gasteiger partial charge in [0.25, 0.3) is 0 Å². The molecule has 128 valence electrons. The summed E-state index contributed by atoms with van der Waals surface area (Å²) in [5.74, 6) is 1.82. The van der Waals surface area contributed by atoms with Gasteiger partial charge in [-0.2, -0.15) is 4.98 Å². The summed E-state index contributed by atoms with van der Waals surface area (Å²) < 4.78 is 0. The van der Waals surface area contributed by atoms with Crippen molar-refractivity contribution in [3.05, 3.63) is 42.4 Å². The van der Waals surface area contributed by atoms with Crippen LogP contribution in [0.4, 0.5) is 11.8 Å². The zero-order valence-electron chi connectivity index (χ0n) is 14.6. The fourth-order valence-electron chi connectivity index (χ4n) is 2.94. The molecule has 0 aromatic carbocycles. The molecule has 6 heteroatoms. The molecule has 3 rings (SSSR count). The third-order valence-electron chi connectivity index (χ3n) is 4.60. The van der Waals surface area contributed by atoms with Crippen LogP contribution in [-0.2, 0) is 6.42 Å². The van der Waals surface area contributed by atoms with Crippen molar-refractivity contribution in [2.75, 3.05) is 56.1 Å². The molecule has 3 heterocycles. The Balaban J connectivity index is 1.60. The number of aromatic nitrogens is 3. The number of pyridine rings is 1. The number of nitrogens with zero attached hydrogens (tertiary/aromatic N) is 6. The molecule has 0 amide bonds. The molecule has 1 saturated heterocycles. The largest absolute Gasteiger partial charge is 0.354 e. The molecular weight excluding hydrogens is 300 g/mol. The maximum absolute atomic E-state index is 4.77. The summed E-state index contributed by atoms with van der Waals surface area (Å²) in [6.45, 7) is 8.51. The molecule has 0 N–H and O–H groups in total. The fraction of sp³-hybridized carbons (Fsp3) is 0.500. The monoisotopic (exact) mass is 326 g/mol. The van der Waals surface area contributed by atoms with E-state index in [0.717, 1.165) is 57.5 Å². The van der Waals surface area contributed by atoms with Gasteiger partial charge in [0.1, 0.15) is 5.82 Å².